The Bertz CT molecular complexity index is 607. The number of pyridine rings is 1. The molecule has 0 aliphatic carbocycles. The van der Waals surface area contributed by atoms with Crippen LogP contribution in [0.3, 0.4) is 0 Å². The monoisotopic (exact) mass is 321 g/mol. The molecule has 0 saturated heterocycles. The SMILES string of the molecule is CCc1cccc(OCCn2cc(Br)ccc2=O)c1. The van der Waals surface area contributed by atoms with Crippen LogP contribution in [0.1, 0.15) is 12.5 Å². The molecule has 1 aromatic carbocycles. The lowest BCUT2D eigenvalue weighted by Crippen LogP contribution is -2.21. The minimum Gasteiger partial charge on any atom is -0.492 e. The van der Waals surface area contributed by atoms with Crippen LogP contribution in [0.25, 0.3) is 0 Å². The summed E-state index contributed by atoms with van der Waals surface area (Å²) in [4.78, 5) is 11.6. The van der Waals surface area contributed by atoms with E-state index in [1.165, 1.54) is 5.56 Å². The molecule has 100 valence electrons. The third-order valence-corrected chi connectivity index (χ3v) is 3.32. The van der Waals surface area contributed by atoms with Crippen molar-refractivity contribution in [2.24, 2.45) is 0 Å². The standard InChI is InChI=1S/C15H16BrNO2/c1-2-12-4-3-5-14(10-12)19-9-8-17-11-13(16)6-7-15(17)18/h3-7,10-11H,2,8-9H2,1H3. The Labute approximate surface area is 121 Å². The maximum atomic E-state index is 11.6. The van der Waals surface area contributed by atoms with Gasteiger partial charge in [-0.05, 0) is 46.1 Å². The van der Waals surface area contributed by atoms with Gasteiger partial charge < -0.3 is 9.30 Å². The molecule has 2 aromatic rings. The van der Waals surface area contributed by atoms with Crippen LogP contribution < -0.4 is 10.3 Å². The normalized spacial score (nSPS) is 10.4. The van der Waals surface area contributed by atoms with E-state index in [0.717, 1.165) is 16.6 Å². The molecule has 0 spiro atoms. The zero-order valence-electron chi connectivity index (χ0n) is 10.8. The molecule has 0 fully saturated rings. The molecule has 0 aliphatic heterocycles. The van der Waals surface area contributed by atoms with Gasteiger partial charge in [0.05, 0.1) is 6.54 Å². The van der Waals surface area contributed by atoms with E-state index in [0.29, 0.717) is 13.2 Å². The molecule has 4 heteroatoms. The van der Waals surface area contributed by atoms with E-state index in [1.807, 2.05) is 18.2 Å². The first-order valence-corrected chi connectivity index (χ1v) is 7.06. The first kappa shape index (κ1) is 13.9. The van der Waals surface area contributed by atoms with Crippen molar-refractivity contribution in [2.75, 3.05) is 6.61 Å². The van der Waals surface area contributed by atoms with Gasteiger partial charge in [-0.15, -0.1) is 0 Å². The molecule has 0 amide bonds. The predicted molar refractivity (Wildman–Crippen MR) is 79.7 cm³/mol. The Morgan fingerprint density at radius 3 is 2.89 bits per heavy atom. The van der Waals surface area contributed by atoms with E-state index < -0.39 is 0 Å². The molecule has 0 saturated carbocycles. The lowest BCUT2D eigenvalue weighted by atomic mass is 10.2. The lowest BCUT2D eigenvalue weighted by molar-refractivity contribution is 0.296. The van der Waals surface area contributed by atoms with Gasteiger partial charge in [-0.3, -0.25) is 4.79 Å². The summed E-state index contributed by atoms with van der Waals surface area (Å²) in [5.74, 6) is 0.849. The average molecular weight is 322 g/mol. The van der Waals surface area contributed by atoms with Gasteiger partial charge in [0.2, 0.25) is 0 Å². The highest BCUT2D eigenvalue weighted by Crippen LogP contribution is 2.13. The van der Waals surface area contributed by atoms with Gasteiger partial charge in [-0.1, -0.05) is 19.1 Å². The summed E-state index contributed by atoms with van der Waals surface area (Å²) in [5, 5.41) is 0. The van der Waals surface area contributed by atoms with Crippen LogP contribution in [0.4, 0.5) is 0 Å². The molecule has 0 unspecified atom stereocenters. The molecule has 3 nitrogen and oxygen atoms in total. The Morgan fingerprint density at radius 1 is 1.26 bits per heavy atom. The van der Waals surface area contributed by atoms with E-state index in [1.54, 1.807) is 22.9 Å². The van der Waals surface area contributed by atoms with Crippen LogP contribution in [0.5, 0.6) is 5.75 Å². The number of hydrogen-bond donors (Lipinski definition) is 0. The van der Waals surface area contributed by atoms with Crippen LogP contribution in [0, 0.1) is 0 Å². The minimum atomic E-state index is -0.0193. The van der Waals surface area contributed by atoms with Crippen LogP contribution in [-0.2, 0) is 13.0 Å². The van der Waals surface area contributed by atoms with E-state index in [4.69, 9.17) is 4.74 Å². The maximum absolute atomic E-state index is 11.6. The van der Waals surface area contributed by atoms with Gasteiger partial charge in [0, 0.05) is 16.7 Å². The van der Waals surface area contributed by atoms with Crippen molar-refractivity contribution in [3.05, 3.63) is 63.0 Å². The second-order valence-corrected chi connectivity index (χ2v) is 5.14. The molecular formula is C15H16BrNO2. The van der Waals surface area contributed by atoms with Crippen molar-refractivity contribution in [2.45, 2.75) is 19.9 Å². The zero-order valence-corrected chi connectivity index (χ0v) is 12.4. The number of aryl methyl sites for hydroxylation is 1. The molecule has 0 atom stereocenters. The first-order chi connectivity index (χ1) is 9.19. The molecule has 1 heterocycles. The fourth-order valence-corrected chi connectivity index (χ4v) is 2.17. The smallest absolute Gasteiger partial charge is 0.250 e. The van der Waals surface area contributed by atoms with Crippen molar-refractivity contribution >= 4 is 15.9 Å². The molecule has 2 rings (SSSR count). The molecule has 19 heavy (non-hydrogen) atoms. The number of ether oxygens (including phenoxy) is 1. The van der Waals surface area contributed by atoms with E-state index >= 15 is 0 Å². The number of aromatic nitrogens is 1. The fourth-order valence-electron chi connectivity index (χ4n) is 1.79. The highest BCUT2D eigenvalue weighted by atomic mass is 79.9. The average Bonchev–Trinajstić information content (AvgIpc) is 2.43. The van der Waals surface area contributed by atoms with E-state index in [9.17, 15) is 4.79 Å². The van der Waals surface area contributed by atoms with E-state index in [-0.39, 0.29) is 5.56 Å². The number of halogens is 1. The number of nitrogens with zero attached hydrogens (tertiary/aromatic N) is 1. The van der Waals surface area contributed by atoms with Crippen molar-refractivity contribution in [3.63, 3.8) is 0 Å². The van der Waals surface area contributed by atoms with Crippen molar-refractivity contribution in [3.8, 4) is 5.75 Å². The second kappa shape index (κ2) is 6.57. The topological polar surface area (TPSA) is 31.2 Å². The van der Waals surface area contributed by atoms with Crippen LogP contribution in [0.15, 0.2) is 51.9 Å². The fraction of sp³-hybridized carbons (Fsp3) is 0.267. The van der Waals surface area contributed by atoms with Crippen molar-refractivity contribution in [1.29, 1.82) is 0 Å². The van der Waals surface area contributed by atoms with Crippen molar-refractivity contribution in [1.82, 2.24) is 4.57 Å². The summed E-state index contributed by atoms with van der Waals surface area (Å²) >= 11 is 3.35. The summed E-state index contributed by atoms with van der Waals surface area (Å²) in [6.45, 7) is 3.12. The quantitative estimate of drug-likeness (QED) is 0.846. The summed E-state index contributed by atoms with van der Waals surface area (Å²) in [6, 6.07) is 11.3. The Kier molecular flexibility index (Phi) is 4.80. The van der Waals surface area contributed by atoms with E-state index in [2.05, 4.69) is 28.9 Å². The van der Waals surface area contributed by atoms with Crippen LogP contribution >= 0.6 is 15.9 Å². The predicted octanol–water partition coefficient (Wildman–Crippen LogP) is 3.25. The number of rotatable bonds is 5. The zero-order chi connectivity index (χ0) is 13.7. The Hall–Kier alpha value is -1.55. The van der Waals surface area contributed by atoms with Gasteiger partial charge in [0.25, 0.3) is 5.56 Å². The molecule has 1 aromatic heterocycles. The second-order valence-electron chi connectivity index (χ2n) is 4.23. The van der Waals surface area contributed by atoms with Gasteiger partial charge in [-0.2, -0.15) is 0 Å². The van der Waals surface area contributed by atoms with Gasteiger partial charge in [-0.25, -0.2) is 0 Å². The molecular weight excluding hydrogens is 306 g/mol. The van der Waals surface area contributed by atoms with Gasteiger partial charge in [0.1, 0.15) is 12.4 Å². The maximum Gasteiger partial charge on any atom is 0.250 e. The molecule has 0 N–H and O–H groups in total. The third-order valence-electron chi connectivity index (χ3n) is 2.85. The number of benzene rings is 1. The lowest BCUT2D eigenvalue weighted by Gasteiger charge is -2.09. The summed E-state index contributed by atoms with van der Waals surface area (Å²) in [5.41, 5.74) is 1.23. The summed E-state index contributed by atoms with van der Waals surface area (Å²) < 4.78 is 8.19. The molecule has 0 bridgehead atoms. The Morgan fingerprint density at radius 2 is 2.11 bits per heavy atom. The Balaban J connectivity index is 1.96. The minimum absolute atomic E-state index is 0.0193. The number of hydrogen-bond acceptors (Lipinski definition) is 2. The van der Waals surface area contributed by atoms with Crippen LogP contribution in [-0.4, -0.2) is 11.2 Å². The largest absolute Gasteiger partial charge is 0.492 e. The highest BCUT2D eigenvalue weighted by Gasteiger charge is 1.99. The van der Waals surface area contributed by atoms with Crippen LogP contribution in [0.2, 0.25) is 0 Å². The molecule has 0 radical (unpaired) electrons. The van der Waals surface area contributed by atoms with Gasteiger partial charge >= 0.3 is 0 Å². The molecule has 0 aliphatic rings. The van der Waals surface area contributed by atoms with Gasteiger partial charge in [0.15, 0.2) is 0 Å². The third kappa shape index (κ3) is 3.96. The first-order valence-electron chi connectivity index (χ1n) is 6.27. The summed E-state index contributed by atoms with van der Waals surface area (Å²) in [7, 11) is 0. The summed E-state index contributed by atoms with van der Waals surface area (Å²) in [6.07, 6.45) is 2.76. The van der Waals surface area contributed by atoms with Crippen molar-refractivity contribution < 1.29 is 4.74 Å². The highest BCUT2D eigenvalue weighted by molar-refractivity contribution is 9.10.